The molecule has 1 atom stereocenters. The summed E-state index contributed by atoms with van der Waals surface area (Å²) in [5, 5.41) is 0. The smallest absolute Gasteiger partial charge is 0.150 e. The van der Waals surface area contributed by atoms with E-state index in [-0.39, 0.29) is 11.3 Å². The van der Waals surface area contributed by atoms with Gasteiger partial charge >= 0.3 is 0 Å². The van der Waals surface area contributed by atoms with Crippen molar-refractivity contribution >= 4 is 12.0 Å². The van der Waals surface area contributed by atoms with Crippen LogP contribution in [0.15, 0.2) is 12.1 Å². The maximum Gasteiger partial charge on any atom is 0.150 e. The van der Waals surface area contributed by atoms with Gasteiger partial charge in [-0.15, -0.1) is 0 Å². The lowest BCUT2D eigenvalue weighted by atomic mass is 10.0. The molecule has 2 rings (SSSR count). The van der Waals surface area contributed by atoms with Crippen LogP contribution in [0.2, 0.25) is 0 Å². The molecule has 1 aromatic rings. The molecule has 0 radical (unpaired) electrons. The van der Waals surface area contributed by atoms with Gasteiger partial charge in [-0.1, -0.05) is 0 Å². The van der Waals surface area contributed by atoms with E-state index in [1.165, 1.54) is 0 Å². The minimum atomic E-state index is -0.665. The van der Waals surface area contributed by atoms with Gasteiger partial charge in [0, 0.05) is 24.7 Å². The first kappa shape index (κ1) is 13.9. The van der Waals surface area contributed by atoms with Crippen LogP contribution in [-0.2, 0) is 0 Å². The molecular formula is C14H18F2N2O. The van der Waals surface area contributed by atoms with E-state index in [4.69, 9.17) is 0 Å². The van der Waals surface area contributed by atoms with E-state index in [1.807, 2.05) is 14.1 Å². The zero-order chi connectivity index (χ0) is 14.0. The standard InChI is InChI=1S/C14H18F2N2O/c1-17(2)11-4-3-5-18(8-11)14-12(15)6-10(9-19)7-13(14)16/h6-7,9,11H,3-5,8H2,1-2H3. The average Bonchev–Trinajstić information content (AvgIpc) is 2.38. The monoisotopic (exact) mass is 268 g/mol. The Kier molecular flexibility index (Phi) is 4.14. The summed E-state index contributed by atoms with van der Waals surface area (Å²) >= 11 is 0. The van der Waals surface area contributed by atoms with Gasteiger partial charge in [0.1, 0.15) is 23.6 Å². The van der Waals surface area contributed by atoms with Crippen LogP contribution < -0.4 is 4.90 Å². The number of likely N-dealkylation sites (N-methyl/N-ethyl adjacent to an activating group) is 1. The molecule has 1 saturated heterocycles. The third-order valence-corrected chi connectivity index (χ3v) is 3.62. The van der Waals surface area contributed by atoms with Gasteiger partial charge in [-0.05, 0) is 39.1 Å². The number of hydrogen-bond donors (Lipinski definition) is 0. The molecule has 1 fully saturated rings. The molecule has 104 valence electrons. The quantitative estimate of drug-likeness (QED) is 0.786. The van der Waals surface area contributed by atoms with Crippen LogP contribution >= 0.6 is 0 Å². The third-order valence-electron chi connectivity index (χ3n) is 3.62. The molecule has 0 amide bonds. The Morgan fingerprint density at radius 1 is 1.32 bits per heavy atom. The zero-order valence-corrected chi connectivity index (χ0v) is 11.2. The molecule has 5 heteroatoms. The largest absolute Gasteiger partial charge is 0.365 e. The maximum absolute atomic E-state index is 14.0. The highest BCUT2D eigenvalue weighted by Crippen LogP contribution is 2.28. The maximum atomic E-state index is 14.0. The van der Waals surface area contributed by atoms with Crippen molar-refractivity contribution in [3.8, 4) is 0 Å². The molecule has 0 bridgehead atoms. The summed E-state index contributed by atoms with van der Waals surface area (Å²) in [6.45, 7) is 1.24. The van der Waals surface area contributed by atoms with Crippen LogP contribution in [-0.4, -0.2) is 44.4 Å². The summed E-state index contributed by atoms with van der Waals surface area (Å²) in [5.41, 5.74) is 0.0112. The van der Waals surface area contributed by atoms with Gasteiger partial charge < -0.3 is 9.80 Å². The number of piperidine rings is 1. The van der Waals surface area contributed by atoms with E-state index >= 15 is 0 Å². The number of carbonyl (C=O) groups excluding carboxylic acids is 1. The van der Waals surface area contributed by atoms with Crippen LogP contribution in [0.1, 0.15) is 23.2 Å². The van der Waals surface area contributed by atoms with E-state index in [0.717, 1.165) is 25.0 Å². The molecule has 0 N–H and O–H groups in total. The van der Waals surface area contributed by atoms with Crippen molar-refractivity contribution in [3.05, 3.63) is 29.3 Å². The number of rotatable bonds is 3. The molecule has 1 aromatic carbocycles. The molecule has 1 unspecified atom stereocenters. The topological polar surface area (TPSA) is 23.6 Å². The lowest BCUT2D eigenvalue weighted by Gasteiger charge is -2.37. The normalized spacial score (nSPS) is 19.8. The summed E-state index contributed by atoms with van der Waals surface area (Å²) in [7, 11) is 3.94. The van der Waals surface area contributed by atoms with Crippen molar-refractivity contribution in [3.63, 3.8) is 0 Å². The van der Waals surface area contributed by atoms with Crippen molar-refractivity contribution in [2.24, 2.45) is 0 Å². The van der Waals surface area contributed by atoms with Crippen molar-refractivity contribution in [2.75, 3.05) is 32.1 Å². The van der Waals surface area contributed by atoms with Crippen LogP contribution in [0.4, 0.5) is 14.5 Å². The van der Waals surface area contributed by atoms with Gasteiger partial charge in [-0.2, -0.15) is 0 Å². The van der Waals surface area contributed by atoms with Crippen LogP contribution in [0.5, 0.6) is 0 Å². The summed E-state index contributed by atoms with van der Waals surface area (Å²) in [5.74, 6) is -1.33. The first-order valence-electron chi connectivity index (χ1n) is 6.38. The number of hydrogen-bond acceptors (Lipinski definition) is 3. The second-order valence-corrected chi connectivity index (χ2v) is 5.16. The molecule has 0 aromatic heterocycles. The molecule has 1 aliphatic rings. The van der Waals surface area contributed by atoms with Crippen LogP contribution in [0.3, 0.4) is 0 Å². The zero-order valence-electron chi connectivity index (χ0n) is 11.2. The predicted molar refractivity (Wildman–Crippen MR) is 70.7 cm³/mol. The molecule has 0 aliphatic carbocycles. The van der Waals surface area contributed by atoms with E-state index in [0.29, 0.717) is 25.4 Å². The fourth-order valence-electron chi connectivity index (χ4n) is 2.53. The number of anilines is 1. The van der Waals surface area contributed by atoms with Gasteiger partial charge in [0.25, 0.3) is 0 Å². The van der Waals surface area contributed by atoms with E-state index in [2.05, 4.69) is 4.90 Å². The highest BCUT2D eigenvalue weighted by Gasteiger charge is 2.25. The molecule has 3 nitrogen and oxygen atoms in total. The number of carbonyl (C=O) groups is 1. The number of aldehydes is 1. The minimum Gasteiger partial charge on any atom is -0.365 e. The SMILES string of the molecule is CN(C)C1CCCN(c2c(F)cc(C=O)cc2F)C1. The molecule has 0 spiro atoms. The van der Waals surface area contributed by atoms with Gasteiger partial charge in [-0.3, -0.25) is 4.79 Å². The van der Waals surface area contributed by atoms with E-state index < -0.39 is 11.6 Å². The van der Waals surface area contributed by atoms with Crippen LogP contribution in [0.25, 0.3) is 0 Å². The predicted octanol–water partition coefficient (Wildman–Crippen LogP) is 2.31. The van der Waals surface area contributed by atoms with Gasteiger partial charge in [-0.25, -0.2) is 8.78 Å². The van der Waals surface area contributed by atoms with Crippen molar-refractivity contribution in [1.29, 1.82) is 0 Å². The number of nitrogens with zero attached hydrogens (tertiary/aromatic N) is 2. The van der Waals surface area contributed by atoms with Crippen LogP contribution in [0, 0.1) is 11.6 Å². The van der Waals surface area contributed by atoms with Crippen molar-refractivity contribution in [2.45, 2.75) is 18.9 Å². The molecule has 0 saturated carbocycles. The Labute approximate surface area is 111 Å². The van der Waals surface area contributed by atoms with Gasteiger partial charge in [0.15, 0.2) is 0 Å². The Morgan fingerprint density at radius 3 is 2.47 bits per heavy atom. The fourth-order valence-corrected chi connectivity index (χ4v) is 2.53. The molecule has 1 aliphatic heterocycles. The Morgan fingerprint density at radius 2 is 1.95 bits per heavy atom. The molecule has 19 heavy (non-hydrogen) atoms. The Hall–Kier alpha value is -1.49. The lowest BCUT2D eigenvalue weighted by Crippen LogP contribution is -2.45. The highest BCUT2D eigenvalue weighted by molar-refractivity contribution is 5.76. The van der Waals surface area contributed by atoms with Crippen molar-refractivity contribution in [1.82, 2.24) is 4.90 Å². The molecule has 1 heterocycles. The summed E-state index contributed by atoms with van der Waals surface area (Å²) in [4.78, 5) is 14.4. The first-order valence-corrected chi connectivity index (χ1v) is 6.38. The molecular weight excluding hydrogens is 250 g/mol. The van der Waals surface area contributed by atoms with Gasteiger partial charge in [0.2, 0.25) is 0 Å². The Bertz CT molecular complexity index is 454. The summed E-state index contributed by atoms with van der Waals surface area (Å²) in [6.07, 6.45) is 2.38. The highest BCUT2D eigenvalue weighted by atomic mass is 19.1. The summed E-state index contributed by atoms with van der Waals surface area (Å²) < 4.78 is 27.9. The second kappa shape index (κ2) is 5.65. The van der Waals surface area contributed by atoms with E-state index in [9.17, 15) is 13.6 Å². The van der Waals surface area contributed by atoms with Crippen molar-refractivity contribution < 1.29 is 13.6 Å². The third kappa shape index (κ3) is 2.92. The fraction of sp³-hybridized carbons (Fsp3) is 0.500. The summed E-state index contributed by atoms with van der Waals surface area (Å²) in [6, 6.07) is 2.47. The van der Waals surface area contributed by atoms with E-state index in [1.54, 1.807) is 4.90 Å². The average molecular weight is 268 g/mol. The number of halogens is 2. The van der Waals surface area contributed by atoms with Gasteiger partial charge in [0.05, 0.1) is 0 Å². The second-order valence-electron chi connectivity index (χ2n) is 5.16. The lowest BCUT2D eigenvalue weighted by molar-refractivity contribution is 0.112. The minimum absolute atomic E-state index is 0.0165. The Balaban J connectivity index is 2.28. The first-order chi connectivity index (χ1) is 9.02. The number of benzene rings is 1.